The highest BCUT2D eigenvalue weighted by atomic mass is 32.1. The molecule has 1 aliphatic rings. The molecule has 5 heteroatoms. The Balaban J connectivity index is 2.56. The van der Waals surface area contributed by atoms with Crippen molar-refractivity contribution in [1.29, 1.82) is 0 Å². The molecule has 1 heterocycles. The third-order valence-corrected chi connectivity index (χ3v) is 1.32. The summed E-state index contributed by atoms with van der Waals surface area (Å²) in [5.41, 5.74) is 8.28. The summed E-state index contributed by atoms with van der Waals surface area (Å²) in [7, 11) is 0. The van der Waals surface area contributed by atoms with E-state index in [4.69, 9.17) is 12.2 Å². The quantitative estimate of drug-likeness (QED) is 0.468. The zero-order valence-corrected chi connectivity index (χ0v) is 6.75. The number of hydrazine groups is 1. The van der Waals surface area contributed by atoms with Crippen LogP contribution in [-0.4, -0.2) is 10.9 Å². The lowest BCUT2D eigenvalue weighted by atomic mass is 10.2. The van der Waals surface area contributed by atoms with Gasteiger partial charge in [0.05, 0.1) is 0 Å². The van der Waals surface area contributed by atoms with Crippen LogP contribution in [0.5, 0.6) is 0 Å². The van der Waals surface area contributed by atoms with Crippen LogP contribution >= 0.6 is 12.2 Å². The summed E-state index contributed by atoms with van der Waals surface area (Å²) >= 11 is 4.75. The molecule has 56 valence electrons. The Morgan fingerprint density at radius 1 is 1.40 bits per heavy atom. The highest BCUT2D eigenvalue weighted by Crippen LogP contribution is 1.93. The summed E-state index contributed by atoms with van der Waals surface area (Å²) in [6.45, 7) is 4.09. The molecule has 0 amide bonds. The monoisotopic (exact) mass is 158 g/mol. The molecule has 0 atom stereocenters. The van der Waals surface area contributed by atoms with Gasteiger partial charge in [0.15, 0.2) is 0 Å². The van der Waals surface area contributed by atoms with Crippen molar-refractivity contribution in [2.75, 3.05) is 0 Å². The number of nitrogens with one attached hydrogen (secondary N) is 3. The number of hydrazone groups is 1. The van der Waals surface area contributed by atoms with E-state index >= 15 is 0 Å². The molecule has 4 nitrogen and oxygen atoms in total. The van der Waals surface area contributed by atoms with Crippen LogP contribution in [0.3, 0.4) is 0 Å². The van der Waals surface area contributed by atoms with Crippen molar-refractivity contribution < 1.29 is 0 Å². The summed E-state index contributed by atoms with van der Waals surface area (Å²) in [4.78, 5) is 0. The zero-order valence-electron chi connectivity index (χ0n) is 5.93. The van der Waals surface area contributed by atoms with E-state index in [2.05, 4.69) is 21.4 Å². The molecule has 0 saturated heterocycles. The summed E-state index contributed by atoms with van der Waals surface area (Å²) in [5, 5.41) is 4.47. The molecule has 0 unspecified atom stereocenters. The van der Waals surface area contributed by atoms with E-state index in [0.717, 1.165) is 5.84 Å². The molecule has 0 radical (unpaired) electrons. The third-order valence-electron chi connectivity index (χ3n) is 1.13. The molecular formula is C5H10N4S. The Kier molecular flexibility index (Phi) is 2.06. The van der Waals surface area contributed by atoms with Gasteiger partial charge in [-0.25, -0.2) is 0 Å². The topological polar surface area (TPSA) is 48.5 Å². The Hall–Kier alpha value is -0.840. The fourth-order valence-corrected chi connectivity index (χ4v) is 0.658. The largest absolute Gasteiger partial charge is 0.284 e. The fraction of sp³-hybridized carbons (Fsp3) is 0.600. The van der Waals surface area contributed by atoms with Gasteiger partial charge in [-0.1, -0.05) is 13.8 Å². The molecule has 0 bridgehead atoms. The molecule has 0 aliphatic carbocycles. The average molecular weight is 158 g/mol. The summed E-state index contributed by atoms with van der Waals surface area (Å²) in [6, 6.07) is 0. The van der Waals surface area contributed by atoms with E-state index in [0.29, 0.717) is 11.0 Å². The van der Waals surface area contributed by atoms with Gasteiger partial charge in [0.1, 0.15) is 5.84 Å². The number of amidine groups is 1. The Morgan fingerprint density at radius 2 is 2.10 bits per heavy atom. The number of rotatable bonds is 1. The lowest BCUT2D eigenvalue weighted by molar-refractivity contribution is 0.704. The average Bonchev–Trinajstić information content (AvgIpc) is 1.88. The van der Waals surface area contributed by atoms with Crippen LogP contribution in [0.15, 0.2) is 5.10 Å². The standard InChI is InChI=1S/C5H10N4S/c1-3(2)4-6-8-5(10)9-7-4/h3H,1-2H3,(H,6,7)(H2,8,9,10). The minimum Gasteiger partial charge on any atom is -0.284 e. The first-order valence-electron chi connectivity index (χ1n) is 3.09. The highest BCUT2D eigenvalue weighted by Gasteiger charge is 2.08. The Morgan fingerprint density at radius 3 is 2.50 bits per heavy atom. The SMILES string of the molecule is CC(C)C1=NNC(=S)NN1. The van der Waals surface area contributed by atoms with Crippen molar-refractivity contribution >= 4 is 23.2 Å². The normalized spacial score (nSPS) is 17.1. The molecule has 0 aromatic carbocycles. The number of nitrogens with zero attached hydrogens (tertiary/aromatic N) is 1. The van der Waals surface area contributed by atoms with E-state index in [1.54, 1.807) is 0 Å². The Labute approximate surface area is 65.0 Å². The van der Waals surface area contributed by atoms with Crippen LogP contribution in [0.25, 0.3) is 0 Å². The second-order valence-electron chi connectivity index (χ2n) is 2.34. The first-order chi connectivity index (χ1) is 4.70. The molecule has 1 rings (SSSR count). The van der Waals surface area contributed by atoms with E-state index in [-0.39, 0.29) is 0 Å². The first-order valence-corrected chi connectivity index (χ1v) is 3.50. The van der Waals surface area contributed by atoms with Crippen molar-refractivity contribution in [3.8, 4) is 0 Å². The van der Waals surface area contributed by atoms with Crippen molar-refractivity contribution in [3.63, 3.8) is 0 Å². The summed E-state index contributed by atoms with van der Waals surface area (Å²) < 4.78 is 0. The zero-order chi connectivity index (χ0) is 7.56. The maximum absolute atomic E-state index is 4.75. The fourth-order valence-electron chi connectivity index (χ4n) is 0.561. The van der Waals surface area contributed by atoms with Crippen LogP contribution in [0.4, 0.5) is 0 Å². The molecule has 10 heavy (non-hydrogen) atoms. The lowest BCUT2D eigenvalue weighted by Crippen LogP contribution is -2.52. The van der Waals surface area contributed by atoms with Crippen molar-refractivity contribution in [1.82, 2.24) is 16.3 Å². The minimum atomic E-state index is 0.378. The summed E-state index contributed by atoms with van der Waals surface area (Å²) in [6.07, 6.45) is 0. The van der Waals surface area contributed by atoms with Crippen LogP contribution in [0.2, 0.25) is 0 Å². The van der Waals surface area contributed by atoms with Gasteiger partial charge < -0.3 is 0 Å². The van der Waals surface area contributed by atoms with Crippen molar-refractivity contribution in [3.05, 3.63) is 0 Å². The van der Waals surface area contributed by atoms with Gasteiger partial charge in [-0.15, -0.1) is 0 Å². The number of hydrogen-bond acceptors (Lipinski definition) is 3. The summed E-state index contributed by atoms with van der Waals surface area (Å²) in [5.74, 6) is 1.25. The van der Waals surface area contributed by atoms with Gasteiger partial charge in [-0.2, -0.15) is 5.10 Å². The van der Waals surface area contributed by atoms with Crippen LogP contribution in [0, 0.1) is 5.92 Å². The second-order valence-corrected chi connectivity index (χ2v) is 2.75. The molecule has 0 aromatic heterocycles. The van der Waals surface area contributed by atoms with Crippen LogP contribution < -0.4 is 16.3 Å². The van der Waals surface area contributed by atoms with E-state index in [9.17, 15) is 0 Å². The molecular weight excluding hydrogens is 148 g/mol. The van der Waals surface area contributed by atoms with Crippen molar-refractivity contribution in [2.45, 2.75) is 13.8 Å². The van der Waals surface area contributed by atoms with E-state index < -0.39 is 0 Å². The number of thiocarbonyl (C=S) groups is 1. The molecule has 1 aliphatic heterocycles. The van der Waals surface area contributed by atoms with Gasteiger partial charge in [-0.05, 0) is 12.2 Å². The molecule has 0 aromatic rings. The smallest absolute Gasteiger partial charge is 0.205 e. The maximum Gasteiger partial charge on any atom is 0.205 e. The van der Waals surface area contributed by atoms with Crippen LogP contribution in [-0.2, 0) is 0 Å². The second kappa shape index (κ2) is 2.83. The van der Waals surface area contributed by atoms with Crippen molar-refractivity contribution in [2.24, 2.45) is 11.0 Å². The molecule has 0 spiro atoms. The lowest BCUT2D eigenvalue weighted by Gasteiger charge is -2.19. The van der Waals surface area contributed by atoms with Crippen LogP contribution in [0.1, 0.15) is 13.8 Å². The first kappa shape index (κ1) is 7.27. The van der Waals surface area contributed by atoms with Gasteiger partial charge >= 0.3 is 0 Å². The highest BCUT2D eigenvalue weighted by molar-refractivity contribution is 7.80. The van der Waals surface area contributed by atoms with Gasteiger partial charge in [-0.3, -0.25) is 16.3 Å². The molecule has 3 N–H and O–H groups in total. The predicted octanol–water partition coefficient (Wildman–Crippen LogP) is -0.0618. The van der Waals surface area contributed by atoms with Gasteiger partial charge in [0, 0.05) is 5.92 Å². The molecule has 0 saturated carbocycles. The maximum atomic E-state index is 4.75. The number of hydrogen-bond donors (Lipinski definition) is 3. The Bertz CT molecular complexity index is 174. The van der Waals surface area contributed by atoms with E-state index in [1.807, 2.05) is 13.8 Å². The van der Waals surface area contributed by atoms with Gasteiger partial charge in [0.2, 0.25) is 5.11 Å². The predicted molar refractivity (Wildman–Crippen MR) is 44.3 cm³/mol. The molecule has 0 fully saturated rings. The third kappa shape index (κ3) is 1.57. The van der Waals surface area contributed by atoms with E-state index in [1.165, 1.54) is 0 Å². The minimum absolute atomic E-state index is 0.378. The van der Waals surface area contributed by atoms with Gasteiger partial charge in [0.25, 0.3) is 0 Å².